The number of nitrogens with zero attached hydrogens (tertiary/aromatic N) is 1. The Labute approximate surface area is 196 Å². The number of nitrogens with two attached hydrogens (primary N) is 1. The minimum atomic E-state index is -3.84. The van der Waals surface area contributed by atoms with Crippen molar-refractivity contribution in [2.24, 2.45) is 5.14 Å². The minimum absolute atomic E-state index is 0.0799. The van der Waals surface area contributed by atoms with Gasteiger partial charge in [0.1, 0.15) is 0 Å². The molecule has 1 atom stereocenters. The van der Waals surface area contributed by atoms with E-state index in [1.807, 2.05) is 36.4 Å². The van der Waals surface area contributed by atoms with Crippen LogP contribution in [-0.4, -0.2) is 31.4 Å². The van der Waals surface area contributed by atoms with Gasteiger partial charge in [-0.15, -0.1) is 0 Å². The summed E-state index contributed by atoms with van der Waals surface area (Å²) in [6.07, 6.45) is -1.11. The SMILES string of the molecule is CC(OC(=O)c1cc(-c2ccccc2)nc2ccccc12)C(=O)Nc1ccc(S(N)(=O)=O)cc1. The van der Waals surface area contributed by atoms with Gasteiger partial charge in [0.05, 0.1) is 21.7 Å². The largest absolute Gasteiger partial charge is 0.449 e. The first-order valence-electron chi connectivity index (χ1n) is 10.3. The number of carbonyl (C=O) groups excluding carboxylic acids is 2. The topological polar surface area (TPSA) is 128 Å². The molecule has 9 heteroatoms. The molecule has 172 valence electrons. The number of hydrogen-bond donors (Lipinski definition) is 2. The van der Waals surface area contributed by atoms with Crippen molar-refractivity contribution in [1.29, 1.82) is 0 Å². The standard InChI is InChI=1S/C25H21N3O5S/c1-16(24(29)27-18-11-13-19(14-12-18)34(26,31)32)33-25(30)21-15-23(17-7-3-2-4-8-17)28-22-10-6-5-9-20(21)22/h2-16H,1H3,(H,27,29)(H2,26,31,32). The average Bonchev–Trinajstić information content (AvgIpc) is 2.83. The van der Waals surface area contributed by atoms with E-state index in [4.69, 9.17) is 9.88 Å². The van der Waals surface area contributed by atoms with Crippen molar-refractivity contribution in [3.05, 3.63) is 90.5 Å². The van der Waals surface area contributed by atoms with Crippen molar-refractivity contribution >= 4 is 38.5 Å². The smallest absolute Gasteiger partial charge is 0.339 e. The molecule has 1 aromatic heterocycles. The lowest BCUT2D eigenvalue weighted by molar-refractivity contribution is -0.123. The molecule has 8 nitrogen and oxygen atoms in total. The number of aromatic nitrogens is 1. The Morgan fingerprint density at radius 2 is 1.59 bits per heavy atom. The van der Waals surface area contributed by atoms with Gasteiger partial charge >= 0.3 is 5.97 Å². The lowest BCUT2D eigenvalue weighted by atomic mass is 10.0. The van der Waals surface area contributed by atoms with Crippen LogP contribution in [0.25, 0.3) is 22.2 Å². The van der Waals surface area contributed by atoms with Crippen LogP contribution in [0.2, 0.25) is 0 Å². The third-order valence-electron chi connectivity index (χ3n) is 5.11. The molecule has 4 rings (SSSR count). The zero-order valence-corrected chi connectivity index (χ0v) is 19.0. The van der Waals surface area contributed by atoms with E-state index in [1.165, 1.54) is 31.2 Å². The Balaban J connectivity index is 1.55. The van der Waals surface area contributed by atoms with Gasteiger partial charge in [0.15, 0.2) is 6.10 Å². The third kappa shape index (κ3) is 5.11. The predicted molar refractivity (Wildman–Crippen MR) is 129 cm³/mol. The van der Waals surface area contributed by atoms with Gasteiger partial charge in [-0.25, -0.2) is 23.3 Å². The van der Waals surface area contributed by atoms with Gasteiger partial charge in [0.2, 0.25) is 10.0 Å². The summed E-state index contributed by atoms with van der Waals surface area (Å²) in [6, 6.07) is 23.6. The number of ether oxygens (including phenoxy) is 1. The number of pyridine rings is 1. The van der Waals surface area contributed by atoms with Gasteiger partial charge in [0, 0.05) is 16.6 Å². The highest BCUT2D eigenvalue weighted by atomic mass is 32.2. The number of para-hydroxylation sites is 1. The van der Waals surface area contributed by atoms with Gasteiger partial charge in [-0.3, -0.25) is 4.79 Å². The molecule has 0 aliphatic rings. The van der Waals surface area contributed by atoms with Crippen molar-refractivity contribution in [2.45, 2.75) is 17.9 Å². The highest BCUT2D eigenvalue weighted by Gasteiger charge is 2.22. The summed E-state index contributed by atoms with van der Waals surface area (Å²) in [4.78, 5) is 30.2. The van der Waals surface area contributed by atoms with E-state index in [0.717, 1.165) is 5.56 Å². The summed E-state index contributed by atoms with van der Waals surface area (Å²) < 4.78 is 28.2. The maximum atomic E-state index is 13.1. The quantitative estimate of drug-likeness (QED) is 0.409. The zero-order chi connectivity index (χ0) is 24.3. The maximum absolute atomic E-state index is 13.1. The Hall–Kier alpha value is -4.08. The fraction of sp³-hybridized carbons (Fsp3) is 0.0800. The Morgan fingerprint density at radius 3 is 2.26 bits per heavy atom. The van der Waals surface area contributed by atoms with E-state index >= 15 is 0 Å². The molecule has 1 unspecified atom stereocenters. The van der Waals surface area contributed by atoms with Crippen LogP contribution in [0.4, 0.5) is 5.69 Å². The number of carbonyl (C=O) groups is 2. The molecule has 3 aromatic carbocycles. The van der Waals surface area contributed by atoms with Crippen LogP contribution in [0.5, 0.6) is 0 Å². The first-order valence-corrected chi connectivity index (χ1v) is 11.9. The lowest BCUT2D eigenvalue weighted by Crippen LogP contribution is -2.30. The monoisotopic (exact) mass is 475 g/mol. The van der Waals surface area contributed by atoms with Crippen LogP contribution in [0.3, 0.4) is 0 Å². The number of primary sulfonamides is 1. The Bertz CT molecular complexity index is 1470. The maximum Gasteiger partial charge on any atom is 0.339 e. The van der Waals surface area contributed by atoms with Crippen molar-refractivity contribution in [1.82, 2.24) is 4.98 Å². The number of rotatable bonds is 6. The van der Waals surface area contributed by atoms with Gasteiger partial charge in [-0.2, -0.15) is 0 Å². The summed E-state index contributed by atoms with van der Waals surface area (Å²) in [5.41, 5.74) is 2.71. The van der Waals surface area contributed by atoms with Gasteiger partial charge in [-0.05, 0) is 43.3 Å². The van der Waals surface area contributed by atoms with Crippen LogP contribution in [-0.2, 0) is 19.6 Å². The second-order valence-electron chi connectivity index (χ2n) is 7.54. The molecule has 0 saturated heterocycles. The van der Waals surface area contributed by atoms with Gasteiger partial charge < -0.3 is 10.1 Å². The highest BCUT2D eigenvalue weighted by Crippen LogP contribution is 2.25. The zero-order valence-electron chi connectivity index (χ0n) is 18.1. The second-order valence-corrected chi connectivity index (χ2v) is 9.11. The van der Waals surface area contributed by atoms with Crippen LogP contribution in [0.1, 0.15) is 17.3 Å². The molecule has 0 bridgehead atoms. The molecule has 0 spiro atoms. The number of nitrogens with one attached hydrogen (secondary N) is 1. The van der Waals surface area contributed by atoms with Gasteiger partial charge in [0.25, 0.3) is 5.91 Å². The molecule has 34 heavy (non-hydrogen) atoms. The van der Waals surface area contributed by atoms with Crippen LogP contribution >= 0.6 is 0 Å². The molecule has 0 saturated carbocycles. The number of fused-ring (bicyclic) bond motifs is 1. The number of benzene rings is 3. The summed E-state index contributed by atoms with van der Waals surface area (Å²) in [7, 11) is -3.84. The predicted octanol–water partition coefficient (Wildman–Crippen LogP) is 3.73. The highest BCUT2D eigenvalue weighted by molar-refractivity contribution is 7.89. The van der Waals surface area contributed by atoms with Crippen LogP contribution in [0.15, 0.2) is 89.8 Å². The van der Waals surface area contributed by atoms with Crippen molar-refractivity contribution in [2.75, 3.05) is 5.32 Å². The summed E-state index contributed by atoms with van der Waals surface area (Å²) in [5.74, 6) is -1.23. The Kier molecular flexibility index (Phi) is 6.40. The molecular formula is C25H21N3O5S. The normalized spacial score (nSPS) is 12.2. The number of amides is 1. The summed E-state index contributed by atoms with van der Waals surface area (Å²) in [5, 5.41) is 8.27. The second kappa shape index (κ2) is 9.42. The molecular weight excluding hydrogens is 454 g/mol. The Morgan fingerprint density at radius 1 is 0.941 bits per heavy atom. The molecule has 0 fully saturated rings. The average molecular weight is 476 g/mol. The molecule has 1 amide bonds. The van der Waals surface area contributed by atoms with E-state index in [0.29, 0.717) is 27.8 Å². The first kappa shape index (κ1) is 23.1. The molecule has 4 aromatic rings. The number of sulfonamides is 1. The fourth-order valence-electron chi connectivity index (χ4n) is 3.35. The van der Waals surface area contributed by atoms with E-state index < -0.39 is 28.0 Å². The van der Waals surface area contributed by atoms with Crippen molar-refractivity contribution < 1.29 is 22.7 Å². The van der Waals surface area contributed by atoms with Crippen LogP contribution in [0, 0.1) is 0 Å². The molecule has 3 N–H and O–H groups in total. The van der Waals surface area contributed by atoms with Crippen LogP contribution < -0.4 is 10.5 Å². The molecule has 1 heterocycles. The van der Waals surface area contributed by atoms with E-state index in [-0.39, 0.29) is 4.90 Å². The number of anilines is 1. The number of hydrogen-bond acceptors (Lipinski definition) is 6. The van der Waals surface area contributed by atoms with Gasteiger partial charge in [-0.1, -0.05) is 48.5 Å². The van der Waals surface area contributed by atoms with Crippen molar-refractivity contribution in [3.8, 4) is 11.3 Å². The first-order chi connectivity index (χ1) is 16.2. The lowest BCUT2D eigenvalue weighted by Gasteiger charge is -2.15. The molecule has 0 aliphatic heterocycles. The van der Waals surface area contributed by atoms with E-state index in [1.54, 1.807) is 24.3 Å². The molecule has 0 radical (unpaired) electrons. The number of esters is 1. The van der Waals surface area contributed by atoms with E-state index in [2.05, 4.69) is 10.3 Å². The summed E-state index contributed by atoms with van der Waals surface area (Å²) in [6.45, 7) is 1.45. The van der Waals surface area contributed by atoms with Crippen molar-refractivity contribution in [3.63, 3.8) is 0 Å². The van der Waals surface area contributed by atoms with E-state index in [9.17, 15) is 18.0 Å². The fourth-order valence-corrected chi connectivity index (χ4v) is 3.87. The summed E-state index contributed by atoms with van der Waals surface area (Å²) >= 11 is 0. The minimum Gasteiger partial charge on any atom is -0.449 e. The third-order valence-corrected chi connectivity index (χ3v) is 6.04. The molecule has 0 aliphatic carbocycles.